The Labute approximate surface area is 182 Å². The first-order valence-corrected chi connectivity index (χ1v) is 10.7. The molecule has 11 heteroatoms. The van der Waals surface area contributed by atoms with Crippen molar-refractivity contribution in [2.24, 2.45) is 11.8 Å². The van der Waals surface area contributed by atoms with Crippen molar-refractivity contribution in [3.8, 4) is 5.75 Å². The number of alkyl halides is 3. The number of hydrogen-bond acceptors (Lipinski definition) is 7. The van der Waals surface area contributed by atoms with Gasteiger partial charge in [0.25, 0.3) is 0 Å². The Morgan fingerprint density at radius 1 is 1.16 bits per heavy atom. The fourth-order valence-electron chi connectivity index (χ4n) is 4.71. The normalized spacial score (nSPS) is 24.0. The van der Waals surface area contributed by atoms with Gasteiger partial charge in [0.15, 0.2) is 17.5 Å². The third-order valence-corrected chi connectivity index (χ3v) is 6.31. The molecule has 4 atom stereocenters. The molecule has 2 bridgehead atoms. The van der Waals surface area contributed by atoms with Crippen LogP contribution in [0.15, 0.2) is 30.6 Å². The minimum absolute atomic E-state index is 0.0507. The molecule has 3 aromatic rings. The molecule has 0 amide bonds. The Balaban J connectivity index is 1.33. The quantitative estimate of drug-likeness (QED) is 0.641. The summed E-state index contributed by atoms with van der Waals surface area (Å²) in [5.41, 5.74) is 0.257. The van der Waals surface area contributed by atoms with E-state index in [1.165, 1.54) is 10.6 Å². The predicted octanol–water partition coefficient (Wildman–Crippen LogP) is 3.48. The molecule has 1 aliphatic heterocycles. The predicted molar refractivity (Wildman–Crippen MR) is 112 cm³/mol. The number of aryl methyl sites for hydroxylation is 1. The lowest BCUT2D eigenvalue weighted by atomic mass is 9.92. The van der Waals surface area contributed by atoms with Crippen molar-refractivity contribution in [1.82, 2.24) is 24.6 Å². The molecule has 3 aromatic heterocycles. The molecule has 1 saturated heterocycles. The standard InChI is InChI=1S/C21H24F3N7O/c1-12(21(22,23)24)32-16-4-3-9-31-19(16)28-20(29-31)27-18-14-5-6-15(18)11-30(10-14)17-7-8-25-13(2)26-17/h3-4,7-9,12,14-15,18H,5-6,10-11H2,1-2H3,(H,27,29)/t12?,14-,15+,18?. The minimum Gasteiger partial charge on any atom is -0.477 e. The number of fused-ring (bicyclic) bond motifs is 3. The highest BCUT2D eigenvalue weighted by Gasteiger charge is 2.43. The van der Waals surface area contributed by atoms with Gasteiger partial charge in [0.1, 0.15) is 11.6 Å². The van der Waals surface area contributed by atoms with Gasteiger partial charge in [-0.2, -0.15) is 18.2 Å². The van der Waals surface area contributed by atoms with Gasteiger partial charge >= 0.3 is 6.18 Å². The second-order valence-corrected chi connectivity index (χ2v) is 8.51. The number of nitrogens with zero attached hydrogens (tertiary/aromatic N) is 6. The summed E-state index contributed by atoms with van der Waals surface area (Å²) in [7, 11) is 0. The number of piperidine rings is 1. The highest BCUT2D eigenvalue weighted by atomic mass is 19.4. The van der Waals surface area contributed by atoms with Crippen LogP contribution in [0, 0.1) is 18.8 Å². The number of halogens is 3. The Morgan fingerprint density at radius 3 is 2.59 bits per heavy atom. The summed E-state index contributed by atoms with van der Waals surface area (Å²) >= 11 is 0. The summed E-state index contributed by atoms with van der Waals surface area (Å²) < 4.78 is 45.4. The van der Waals surface area contributed by atoms with Crippen molar-refractivity contribution in [3.05, 3.63) is 36.4 Å². The smallest absolute Gasteiger partial charge is 0.425 e. The molecule has 4 heterocycles. The number of anilines is 2. The average molecular weight is 447 g/mol. The van der Waals surface area contributed by atoms with Crippen LogP contribution >= 0.6 is 0 Å². The summed E-state index contributed by atoms with van der Waals surface area (Å²) in [5, 5.41) is 7.87. The van der Waals surface area contributed by atoms with Crippen molar-refractivity contribution in [2.75, 3.05) is 23.3 Å². The zero-order valence-electron chi connectivity index (χ0n) is 17.8. The van der Waals surface area contributed by atoms with Crippen LogP contribution in [0.5, 0.6) is 5.75 Å². The Morgan fingerprint density at radius 2 is 1.91 bits per heavy atom. The lowest BCUT2D eigenvalue weighted by Crippen LogP contribution is -2.48. The van der Waals surface area contributed by atoms with Gasteiger partial charge < -0.3 is 15.0 Å². The first-order valence-electron chi connectivity index (χ1n) is 10.7. The van der Waals surface area contributed by atoms with E-state index >= 15 is 0 Å². The molecule has 1 N–H and O–H groups in total. The molecule has 0 spiro atoms. The summed E-state index contributed by atoms with van der Waals surface area (Å²) in [6.45, 7) is 4.60. The number of aromatic nitrogens is 5. The Hall–Kier alpha value is -3.11. The third kappa shape index (κ3) is 3.91. The summed E-state index contributed by atoms with van der Waals surface area (Å²) in [4.78, 5) is 15.5. The van der Waals surface area contributed by atoms with E-state index in [-0.39, 0.29) is 17.4 Å². The van der Waals surface area contributed by atoms with Crippen LogP contribution in [0.4, 0.5) is 24.9 Å². The topological polar surface area (TPSA) is 80.5 Å². The lowest BCUT2D eigenvalue weighted by molar-refractivity contribution is -0.189. The molecule has 2 fully saturated rings. The number of rotatable bonds is 5. The molecular weight excluding hydrogens is 423 g/mol. The van der Waals surface area contributed by atoms with Gasteiger partial charge in [-0.25, -0.2) is 14.5 Å². The van der Waals surface area contributed by atoms with Crippen molar-refractivity contribution in [2.45, 2.75) is 45.0 Å². The van der Waals surface area contributed by atoms with E-state index < -0.39 is 12.3 Å². The molecule has 1 aliphatic carbocycles. The van der Waals surface area contributed by atoms with Gasteiger partial charge in [-0.05, 0) is 56.7 Å². The molecule has 2 unspecified atom stereocenters. The van der Waals surface area contributed by atoms with E-state index in [0.29, 0.717) is 17.8 Å². The molecule has 8 nitrogen and oxygen atoms in total. The molecule has 1 saturated carbocycles. The van der Waals surface area contributed by atoms with E-state index in [1.54, 1.807) is 18.5 Å². The number of ether oxygens (including phenoxy) is 1. The highest BCUT2D eigenvalue weighted by molar-refractivity contribution is 5.56. The first kappa shape index (κ1) is 20.8. The van der Waals surface area contributed by atoms with Gasteiger partial charge in [0.05, 0.1) is 0 Å². The minimum atomic E-state index is -4.46. The van der Waals surface area contributed by atoms with E-state index in [9.17, 15) is 13.2 Å². The SMILES string of the molecule is Cc1nccc(N2C[C@H]3CC[C@@H](C2)C3Nc2nc3c(OC(C)C(F)(F)F)cccn3n2)n1. The van der Waals surface area contributed by atoms with Crippen LogP contribution in [-0.2, 0) is 0 Å². The summed E-state index contributed by atoms with van der Waals surface area (Å²) in [6, 6.07) is 5.20. The highest BCUT2D eigenvalue weighted by Crippen LogP contribution is 2.39. The summed E-state index contributed by atoms with van der Waals surface area (Å²) in [5.74, 6) is 2.94. The van der Waals surface area contributed by atoms with Crippen molar-refractivity contribution >= 4 is 17.4 Å². The number of hydrogen-bond donors (Lipinski definition) is 1. The molecular formula is C21H24F3N7O. The zero-order valence-corrected chi connectivity index (χ0v) is 17.8. The van der Waals surface area contributed by atoms with Gasteiger partial charge in [-0.15, -0.1) is 5.10 Å². The number of nitrogens with one attached hydrogen (secondary N) is 1. The van der Waals surface area contributed by atoms with Gasteiger partial charge in [0, 0.05) is 31.5 Å². The lowest BCUT2D eigenvalue weighted by Gasteiger charge is -2.38. The fraction of sp³-hybridized carbons (Fsp3) is 0.524. The van der Waals surface area contributed by atoms with E-state index in [2.05, 4.69) is 30.3 Å². The van der Waals surface area contributed by atoms with Crippen molar-refractivity contribution in [3.63, 3.8) is 0 Å². The van der Waals surface area contributed by atoms with Gasteiger partial charge in [-0.1, -0.05) is 0 Å². The monoisotopic (exact) mass is 447 g/mol. The van der Waals surface area contributed by atoms with E-state index in [1.807, 2.05) is 13.0 Å². The fourth-order valence-corrected chi connectivity index (χ4v) is 4.71. The first-order chi connectivity index (χ1) is 15.3. The molecule has 0 aromatic carbocycles. The molecule has 5 rings (SSSR count). The van der Waals surface area contributed by atoms with Gasteiger partial charge in [-0.3, -0.25) is 0 Å². The maximum Gasteiger partial charge on any atom is 0.425 e. The van der Waals surface area contributed by atoms with Crippen molar-refractivity contribution in [1.29, 1.82) is 0 Å². The zero-order chi connectivity index (χ0) is 22.5. The molecule has 32 heavy (non-hydrogen) atoms. The molecule has 2 aliphatic rings. The maximum atomic E-state index is 12.9. The van der Waals surface area contributed by atoms with Crippen LogP contribution < -0.4 is 15.0 Å². The van der Waals surface area contributed by atoms with Crippen LogP contribution in [0.2, 0.25) is 0 Å². The number of pyridine rings is 1. The van der Waals surface area contributed by atoms with Crippen molar-refractivity contribution < 1.29 is 17.9 Å². The van der Waals surface area contributed by atoms with Crippen LogP contribution in [-0.4, -0.2) is 56.0 Å². The van der Waals surface area contributed by atoms with E-state index in [0.717, 1.165) is 44.5 Å². The Kier molecular flexibility index (Phi) is 5.06. The second kappa shape index (κ2) is 7.79. The van der Waals surface area contributed by atoms with Crippen LogP contribution in [0.1, 0.15) is 25.6 Å². The molecule has 170 valence electrons. The van der Waals surface area contributed by atoms with Crippen LogP contribution in [0.25, 0.3) is 5.65 Å². The Bertz CT molecular complexity index is 1100. The second-order valence-electron chi connectivity index (χ2n) is 8.51. The maximum absolute atomic E-state index is 12.9. The third-order valence-electron chi connectivity index (χ3n) is 6.31. The summed E-state index contributed by atoms with van der Waals surface area (Å²) in [6.07, 6.45) is -0.783. The largest absolute Gasteiger partial charge is 0.477 e. The molecule has 0 radical (unpaired) electrons. The van der Waals surface area contributed by atoms with Crippen LogP contribution in [0.3, 0.4) is 0 Å². The van der Waals surface area contributed by atoms with Gasteiger partial charge in [0.2, 0.25) is 5.95 Å². The average Bonchev–Trinajstić information content (AvgIpc) is 3.24. The van der Waals surface area contributed by atoms with E-state index in [4.69, 9.17) is 4.74 Å².